The molecule has 0 aromatic heterocycles. The first kappa shape index (κ1) is 42.8. The Labute approximate surface area is 305 Å². The summed E-state index contributed by atoms with van der Waals surface area (Å²) < 4.78 is 0. The van der Waals surface area contributed by atoms with Crippen LogP contribution in [0.25, 0.3) is 0 Å². The highest BCUT2D eigenvalue weighted by atomic mass is 16.3. The van der Waals surface area contributed by atoms with Crippen molar-refractivity contribution in [3.05, 3.63) is 64.7 Å². The molecule has 2 aromatic carbocycles. The molecule has 14 N–H and O–H groups in total. The van der Waals surface area contributed by atoms with Gasteiger partial charge in [-0.2, -0.15) is 0 Å². The van der Waals surface area contributed by atoms with E-state index >= 15 is 0 Å². The quantitative estimate of drug-likeness (QED) is 0.0312. The highest BCUT2D eigenvalue weighted by molar-refractivity contribution is 6.54. The number of hydrogen-bond donors (Lipinski definition) is 9. The molecule has 2 aromatic rings. The number of aromatic hydroxyl groups is 1. The van der Waals surface area contributed by atoms with Crippen LogP contribution in [0.5, 0.6) is 5.75 Å². The van der Waals surface area contributed by atoms with E-state index in [4.69, 9.17) is 67.9 Å². The third kappa shape index (κ3) is 12.4. The summed E-state index contributed by atoms with van der Waals surface area (Å²) in [5.74, 6) is -3.78. The molecule has 19 heteroatoms. The largest absolute Gasteiger partial charge is 0.508 e. The first-order chi connectivity index (χ1) is 23.6. The van der Waals surface area contributed by atoms with Gasteiger partial charge in [0.1, 0.15) is 25.7 Å². The summed E-state index contributed by atoms with van der Waals surface area (Å²) in [6.45, 7) is 3.24. The Kier molecular flexibility index (Phi) is 15.3. The van der Waals surface area contributed by atoms with Gasteiger partial charge in [-0.15, -0.1) is 5.21 Å². The van der Waals surface area contributed by atoms with Gasteiger partial charge in [0.2, 0.25) is 23.6 Å². The number of guanidine groups is 1. The van der Waals surface area contributed by atoms with Gasteiger partial charge in [-0.05, 0) is 80.5 Å². The monoisotopic (exact) mass is 689 g/mol. The van der Waals surface area contributed by atoms with Crippen molar-refractivity contribution in [3.63, 3.8) is 0 Å². The predicted molar refractivity (Wildman–Crippen MR) is 201 cm³/mol. The molecule has 4 amide bonds. The fraction of sp³-hybridized carbons (Fsp3) is 0.469. The number of nitrogens with one attached hydrogen (secondary N) is 3. The summed E-state index contributed by atoms with van der Waals surface area (Å²) in [5.41, 5.74) is 28.5. The number of hydrogen-bond acceptors (Lipinski definition) is 8. The maximum atomic E-state index is 14.1. The van der Waals surface area contributed by atoms with Crippen molar-refractivity contribution in [1.29, 1.82) is 0 Å². The van der Waals surface area contributed by atoms with Gasteiger partial charge < -0.3 is 49.7 Å². The predicted octanol–water partition coefficient (Wildman–Crippen LogP) is -3.13. The second kappa shape index (κ2) is 18.2. The Hall–Kier alpha value is -4.37. The van der Waals surface area contributed by atoms with Crippen LogP contribution in [0.4, 0.5) is 0 Å². The Morgan fingerprint density at radius 3 is 1.96 bits per heavy atom. The first-order valence-corrected chi connectivity index (χ1v) is 16.1. The molecule has 14 nitrogen and oxygen atoms in total. The molecule has 0 aliphatic rings. The smallest absolute Gasteiger partial charge is 0.243 e. The van der Waals surface area contributed by atoms with Crippen molar-refractivity contribution in [2.75, 3.05) is 13.1 Å². The number of nitrogens with zero attached hydrogens (tertiary/aromatic N) is 1. The number of carbonyl (C=O) groups is 4. The molecule has 262 valence electrons. The van der Waals surface area contributed by atoms with Crippen molar-refractivity contribution < 1.29 is 24.3 Å². The van der Waals surface area contributed by atoms with E-state index in [1.54, 1.807) is 44.2 Å². The summed E-state index contributed by atoms with van der Waals surface area (Å²) in [5, 5.41) is 13.7. The SMILES string of the molecule is [B]C([B])(CN)C([B])([B])C[C@H](NC(=O)[C@H](Cc1c(C)cc(O)cc1C)NC(=O)[C@H](N)CCCN=C(N)N)C(=O)N[C@@]([B])(Cc1ccccc1)C(N)=O. The van der Waals surface area contributed by atoms with Crippen LogP contribution in [-0.4, -0.2) is 111 Å². The average Bonchev–Trinajstić information content (AvgIpc) is 3.03. The summed E-state index contributed by atoms with van der Waals surface area (Å²) in [6.07, 6.45) is -0.397. The van der Waals surface area contributed by atoms with Crippen molar-refractivity contribution >= 4 is 68.8 Å². The molecule has 0 fully saturated rings. The van der Waals surface area contributed by atoms with Gasteiger partial charge in [0.25, 0.3) is 0 Å². The van der Waals surface area contributed by atoms with Gasteiger partial charge in [-0.1, -0.05) is 35.5 Å². The normalized spacial score (nSPS) is 14.6. The van der Waals surface area contributed by atoms with E-state index in [9.17, 15) is 24.3 Å². The second-order valence-corrected chi connectivity index (χ2v) is 12.9. The number of nitrogens with two attached hydrogens (primary N) is 5. The number of primary amides is 1. The van der Waals surface area contributed by atoms with Crippen LogP contribution in [0.1, 0.15) is 41.5 Å². The number of carbonyl (C=O) groups excluding carboxylic acids is 4. The van der Waals surface area contributed by atoms with Gasteiger partial charge in [-0.25, -0.2) is 0 Å². The maximum absolute atomic E-state index is 14.1. The topological polar surface area (TPSA) is 267 Å². The van der Waals surface area contributed by atoms with Crippen molar-refractivity contribution in [3.8, 4) is 5.75 Å². The van der Waals surface area contributed by atoms with Gasteiger partial charge >= 0.3 is 0 Å². The molecule has 0 spiro atoms. The minimum absolute atomic E-state index is 0.00253. The zero-order valence-corrected chi connectivity index (χ0v) is 29.0. The van der Waals surface area contributed by atoms with E-state index in [-0.39, 0.29) is 37.5 Å². The molecule has 51 heavy (non-hydrogen) atoms. The van der Waals surface area contributed by atoms with Crippen LogP contribution in [-0.2, 0) is 32.0 Å². The lowest BCUT2D eigenvalue weighted by atomic mass is 9.28. The fourth-order valence-corrected chi connectivity index (χ4v) is 5.25. The zero-order chi connectivity index (χ0) is 38.7. The van der Waals surface area contributed by atoms with Crippen LogP contribution in [0, 0.1) is 13.8 Å². The number of rotatable bonds is 19. The third-order valence-electron chi connectivity index (χ3n) is 8.52. The zero-order valence-electron chi connectivity index (χ0n) is 29.0. The number of benzene rings is 2. The molecular formula is C32H44B5N9O5. The Morgan fingerprint density at radius 2 is 1.43 bits per heavy atom. The van der Waals surface area contributed by atoms with Crippen LogP contribution >= 0.6 is 0 Å². The molecule has 0 saturated carbocycles. The lowest BCUT2D eigenvalue weighted by Crippen LogP contribution is -2.64. The molecule has 0 aliphatic heterocycles. The molecule has 2 rings (SSSR count). The van der Waals surface area contributed by atoms with Crippen LogP contribution in [0.15, 0.2) is 47.5 Å². The number of aliphatic imine (C=N–C) groups is 1. The van der Waals surface area contributed by atoms with Crippen molar-refractivity contribution in [2.45, 2.75) is 79.9 Å². The van der Waals surface area contributed by atoms with Crippen LogP contribution < -0.4 is 44.6 Å². The fourth-order valence-electron chi connectivity index (χ4n) is 5.25. The highest BCUT2D eigenvalue weighted by Gasteiger charge is 2.41. The van der Waals surface area contributed by atoms with E-state index < -0.39 is 70.6 Å². The average molecular weight is 689 g/mol. The lowest BCUT2D eigenvalue weighted by molar-refractivity contribution is -0.134. The van der Waals surface area contributed by atoms with Crippen LogP contribution in [0.2, 0.25) is 10.4 Å². The molecule has 0 aliphatic carbocycles. The number of aryl methyl sites for hydroxylation is 2. The van der Waals surface area contributed by atoms with Crippen LogP contribution in [0.3, 0.4) is 0 Å². The molecule has 10 radical (unpaired) electrons. The summed E-state index contributed by atoms with van der Waals surface area (Å²) in [7, 11) is 31.0. The van der Waals surface area contributed by atoms with E-state index in [0.29, 0.717) is 28.7 Å². The second-order valence-electron chi connectivity index (χ2n) is 12.9. The van der Waals surface area contributed by atoms with E-state index in [1.807, 2.05) is 0 Å². The van der Waals surface area contributed by atoms with E-state index in [0.717, 1.165) is 0 Å². The molecule has 0 unspecified atom stereocenters. The lowest BCUT2D eigenvalue weighted by Gasteiger charge is -2.45. The molecule has 0 saturated heterocycles. The molecular weight excluding hydrogens is 644 g/mol. The first-order valence-electron chi connectivity index (χ1n) is 16.1. The van der Waals surface area contributed by atoms with Gasteiger partial charge in [0, 0.05) is 13.0 Å². The number of phenolic OH excluding ortho intramolecular Hbond substituents is 1. The Bertz CT molecular complexity index is 1550. The highest BCUT2D eigenvalue weighted by Crippen LogP contribution is 2.44. The maximum Gasteiger partial charge on any atom is 0.243 e. The minimum Gasteiger partial charge on any atom is -0.508 e. The summed E-state index contributed by atoms with van der Waals surface area (Å²) >= 11 is 0. The van der Waals surface area contributed by atoms with E-state index in [1.165, 1.54) is 12.1 Å². The number of amides is 4. The molecule has 0 bridgehead atoms. The summed E-state index contributed by atoms with van der Waals surface area (Å²) in [4.78, 5) is 57.8. The van der Waals surface area contributed by atoms with E-state index in [2.05, 4.69) is 20.9 Å². The van der Waals surface area contributed by atoms with Crippen molar-refractivity contribution in [1.82, 2.24) is 16.0 Å². The third-order valence-corrected chi connectivity index (χ3v) is 8.52. The minimum atomic E-state index is -2.14. The standard InChI is InChI=1S/C32H44B5N9O5/c1-17-11-20(47)12-18(2)21(17)13-23(44-25(48)22(39)9-6-10-43-29(41)42)26(49)45-24(15-31(34,35)32(36,37)16-38)27(50)46-30(33,28(40)51)14-19-7-4-3-5-8-19/h3-5,7-8,11-12,22-24,47H,6,9-10,13-16,38-39H2,1-2H3,(H2,40,51)(H,44,48)(H,45,49)(H,46,50)(H4,41,42,43)/t22-,23+,24+,30+/m1/s1. The van der Waals surface area contributed by atoms with Gasteiger partial charge in [0.15, 0.2) is 5.96 Å². The Morgan fingerprint density at radius 1 is 0.863 bits per heavy atom. The Balaban J connectivity index is 2.51. The van der Waals surface area contributed by atoms with Gasteiger partial charge in [0.05, 0.1) is 42.9 Å². The molecule has 0 heterocycles. The summed E-state index contributed by atoms with van der Waals surface area (Å²) in [6, 6.07) is 7.42. The number of phenols is 1. The van der Waals surface area contributed by atoms with Crippen molar-refractivity contribution in [2.24, 2.45) is 33.7 Å². The van der Waals surface area contributed by atoms with Gasteiger partial charge in [-0.3, -0.25) is 24.2 Å². The molecule has 4 atom stereocenters.